The van der Waals surface area contributed by atoms with Crippen molar-refractivity contribution in [1.82, 2.24) is 14.9 Å². The highest BCUT2D eigenvalue weighted by Gasteiger charge is 2.37. The van der Waals surface area contributed by atoms with Crippen LogP contribution in [0.3, 0.4) is 0 Å². The molecule has 148 valence electrons. The minimum Gasteiger partial charge on any atom is -0.444 e. The van der Waals surface area contributed by atoms with Crippen LogP contribution < -0.4 is 5.32 Å². The number of rotatable bonds is 2. The Morgan fingerprint density at radius 1 is 1.31 bits per heavy atom. The molecule has 29 heavy (non-hydrogen) atoms. The van der Waals surface area contributed by atoms with E-state index in [1.807, 2.05) is 57.2 Å². The number of ether oxygens (including phenoxy) is 1. The minimum absolute atomic E-state index is 0.0823. The second-order valence-electron chi connectivity index (χ2n) is 8.47. The van der Waals surface area contributed by atoms with E-state index in [2.05, 4.69) is 27.9 Å². The summed E-state index contributed by atoms with van der Waals surface area (Å²) in [5, 5.41) is 13.4. The van der Waals surface area contributed by atoms with Gasteiger partial charge in [0.25, 0.3) is 0 Å². The SMILES string of the molecule is CC1c2c(n(-c3ccccn3)c3ccc(C#N)cc23)CC1NC(=O)OC(C)(C)C. The lowest BCUT2D eigenvalue weighted by atomic mass is 9.98. The molecule has 6 nitrogen and oxygen atoms in total. The molecule has 0 aliphatic heterocycles. The van der Waals surface area contributed by atoms with Crippen LogP contribution in [0.4, 0.5) is 4.79 Å². The van der Waals surface area contributed by atoms with Crippen molar-refractivity contribution in [2.75, 3.05) is 0 Å². The smallest absolute Gasteiger partial charge is 0.407 e. The highest BCUT2D eigenvalue weighted by Crippen LogP contribution is 2.42. The highest BCUT2D eigenvalue weighted by atomic mass is 16.6. The molecule has 2 atom stereocenters. The summed E-state index contributed by atoms with van der Waals surface area (Å²) in [6, 6.07) is 13.7. The fraction of sp³-hybridized carbons (Fsp3) is 0.348. The zero-order valence-electron chi connectivity index (χ0n) is 17.1. The molecule has 0 bridgehead atoms. The maximum absolute atomic E-state index is 12.4. The minimum atomic E-state index is -0.545. The van der Waals surface area contributed by atoms with Crippen LogP contribution in [-0.4, -0.2) is 27.3 Å². The molecule has 6 heteroatoms. The van der Waals surface area contributed by atoms with Gasteiger partial charge in [-0.1, -0.05) is 13.0 Å². The van der Waals surface area contributed by atoms with Crippen LogP contribution in [0, 0.1) is 11.3 Å². The van der Waals surface area contributed by atoms with E-state index in [4.69, 9.17) is 4.74 Å². The van der Waals surface area contributed by atoms with E-state index in [0.29, 0.717) is 12.0 Å². The predicted molar refractivity (Wildman–Crippen MR) is 111 cm³/mol. The average molecular weight is 388 g/mol. The van der Waals surface area contributed by atoms with Crippen molar-refractivity contribution in [3.63, 3.8) is 0 Å². The fourth-order valence-electron chi connectivity index (χ4n) is 4.12. The highest BCUT2D eigenvalue weighted by molar-refractivity contribution is 5.90. The molecular weight excluding hydrogens is 364 g/mol. The molecule has 0 saturated carbocycles. The number of nitrogens with one attached hydrogen (secondary N) is 1. The Hall–Kier alpha value is -3.33. The van der Waals surface area contributed by atoms with Crippen LogP contribution in [-0.2, 0) is 11.2 Å². The van der Waals surface area contributed by atoms with Crippen LogP contribution in [0.1, 0.15) is 50.4 Å². The van der Waals surface area contributed by atoms with Gasteiger partial charge in [-0.25, -0.2) is 9.78 Å². The number of aromatic nitrogens is 2. The summed E-state index contributed by atoms with van der Waals surface area (Å²) in [7, 11) is 0. The summed E-state index contributed by atoms with van der Waals surface area (Å²) in [6.07, 6.45) is 2.03. The van der Waals surface area contributed by atoms with Gasteiger partial charge >= 0.3 is 6.09 Å². The Labute approximate surface area is 170 Å². The molecule has 1 aliphatic carbocycles. The monoisotopic (exact) mass is 388 g/mol. The van der Waals surface area contributed by atoms with Crippen molar-refractivity contribution in [2.45, 2.75) is 51.7 Å². The first-order valence-corrected chi connectivity index (χ1v) is 9.77. The van der Waals surface area contributed by atoms with E-state index >= 15 is 0 Å². The third-order valence-electron chi connectivity index (χ3n) is 5.29. The number of nitrogens with zero attached hydrogens (tertiary/aromatic N) is 3. The standard InChI is InChI=1S/C23H24N4O2/c1-14-17(26-22(28)29-23(2,3)4)12-19-21(14)16-11-15(13-24)8-9-18(16)27(19)20-7-5-6-10-25-20/h5-11,14,17H,12H2,1-4H3,(H,26,28). The van der Waals surface area contributed by atoms with Crippen LogP contribution >= 0.6 is 0 Å². The number of benzene rings is 1. The first-order valence-electron chi connectivity index (χ1n) is 9.77. The molecule has 1 aromatic carbocycles. The van der Waals surface area contributed by atoms with E-state index in [-0.39, 0.29) is 12.0 Å². The van der Waals surface area contributed by atoms with E-state index in [1.54, 1.807) is 6.20 Å². The van der Waals surface area contributed by atoms with Gasteiger partial charge in [0.1, 0.15) is 11.4 Å². The van der Waals surface area contributed by atoms with Crippen molar-refractivity contribution in [2.24, 2.45) is 0 Å². The number of fused-ring (bicyclic) bond motifs is 3. The summed E-state index contributed by atoms with van der Waals surface area (Å²) in [4.78, 5) is 16.9. The van der Waals surface area contributed by atoms with Gasteiger partial charge in [-0.2, -0.15) is 5.26 Å². The molecule has 2 aromatic heterocycles. The Morgan fingerprint density at radius 2 is 2.10 bits per heavy atom. The van der Waals surface area contributed by atoms with Gasteiger partial charge in [0, 0.05) is 35.7 Å². The molecule has 0 fully saturated rings. The topological polar surface area (TPSA) is 79.9 Å². The predicted octanol–water partition coefficient (Wildman–Crippen LogP) is 4.45. The molecule has 1 aliphatic rings. The normalized spacial score (nSPS) is 18.3. The molecule has 0 saturated heterocycles. The van der Waals surface area contributed by atoms with E-state index < -0.39 is 11.7 Å². The Morgan fingerprint density at radius 3 is 2.76 bits per heavy atom. The average Bonchev–Trinajstić information content (AvgIpc) is 3.14. The number of nitriles is 1. The van der Waals surface area contributed by atoms with Gasteiger partial charge in [0.2, 0.25) is 0 Å². The lowest BCUT2D eigenvalue weighted by Crippen LogP contribution is -2.40. The molecule has 0 radical (unpaired) electrons. The van der Waals surface area contributed by atoms with Crippen LogP contribution in [0.5, 0.6) is 0 Å². The quantitative estimate of drug-likeness (QED) is 0.703. The summed E-state index contributed by atoms with van der Waals surface area (Å²) < 4.78 is 7.59. The summed E-state index contributed by atoms with van der Waals surface area (Å²) in [5.74, 6) is 0.910. The van der Waals surface area contributed by atoms with Crippen molar-refractivity contribution in [3.8, 4) is 11.9 Å². The zero-order chi connectivity index (χ0) is 20.8. The number of alkyl carbamates (subject to hydrolysis) is 1. The number of pyridine rings is 1. The maximum atomic E-state index is 12.4. The number of amides is 1. The van der Waals surface area contributed by atoms with Gasteiger partial charge in [-0.05, 0) is 56.7 Å². The van der Waals surface area contributed by atoms with E-state index in [0.717, 1.165) is 28.0 Å². The maximum Gasteiger partial charge on any atom is 0.407 e. The number of carbonyl (C=O) groups excluding carboxylic acids is 1. The number of hydrogen-bond donors (Lipinski definition) is 1. The van der Waals surface area contributed by atoms with Crippen molar-refractivity contribution >= 4 is 17.0 Å². The molecule has 4 rings (SSSR count). The molecular formula is C23H24N4O2. The van der Waals surface area contributed by atoms with Crippen LogP contribution in [0.15, 0.2) is 42.6 Å². The van der Waals surface area contributed by atoms with Crippen LogP contribution in [0.2, 0.25) is 0 Å². The first kappa shape index (κ1) is 19.0. The van der Waals surface area contributed by atoms with Gasteiger partial charge in [-0.3, -0.25) is 4.57 Å². The van der Waals surface area contributed by atoms with Crippen molar-refractivity contribution in [3.05, 3.63) is 59.4 Å². The van der Waals surface area contributed by atoms with Gasteiger partial charge in [0.15, 0.2) is 0 Å². The first-order chi connectivity index (χ1) is 13.8. The van der Waals surface area contributed by atoms with Crippen molar-refractivity contribution < 1.29 is 9.53 Å². The summed E-state index contributed by atoms with van der Waals surface area (Å²) in [5.41, 5.74) is 3.37. The largest absolute Gasteiger partial charge is 0.444 e. The molecule has 2 unspecified atom stereocenters. The zero-order valence-corrected chi connectivity index (χ0v) is 17.1. The molecule has 1 amide bonds. The summed E-state index contributed by atoms with van der Waals surface area (Å²) in [6.45, 7) is 7.66. The van der Waals surface area contributed by atoms with Gasteiger partial charge in [-0.15, -0.1) is 0 Å². The van der Waals surface area contributed by atoms with E-state index in [9.17, 15) is 10.1 Å². The third kappa shape index (κ3) is 3.44. The molecule has 3 aromatic rings. The Kier molecular flexibility index (Phi) is 4.54. The number of carbonyl (C=O) groups is 1. The van der Waals surface area contributed by atoms with E-state index in [1.165, 1.54) is 0 Å². The van der Waals surface area contributed by atoms with Crippen LogP contribution in [0.25, 0.3) is 16.7 Å². The lowest BCUT2D eigenvalue weighted by molar-refractivity contribution is 0.0500. The van der Waals surface area contributed by atoms with Gasteiger partial charge in [0.05, 0.1) is 17.1 Å². The molecule has 2 heterocycles. The lowest BCUT2D eigenvalue weighted by Gasteiger charge is -2.24. The fourth-order valence-corrected chi connectivity index (χ4v) is 4.12. The molecule has 1 N–H and O–H groups in total. The van der Waals surface area contributed by atoms with Crippen molar-refractivity contribution in [1.29, 1.82) is 5.26 Å². The Bertz CT molecular complexity index is 1120. The summed E-state index contributed by atoms with van der Waals surface area (Å²) >= 11 is 0. The molecule has 0 spiro atoms. The Balaban J connectivity index is 1.79. The second-order valence-corrected chi connectivity index (χ2v) is 8.47. The number of hydrogen-bond acceptors (Lipinski definition) is 4. The third-order valence-corrected chi connectivity index (χ3v) is 5.29. The van der Waals surface area contributed by atoms with Gasteiger partial charge < -0.3 is 10.1 Å². The second kappa shape index (κ2) is 6.93.